The van der Waals surface area contributed by atoms with Gasteiger partial charge in [-0.05, 0) is 70.9 Å². The lowest BCUT2D eigenvalue weighted by molar-refractivity contribution is -0.150. The first kappa shape index (κ1) is 36.0. The summed E-state index contributed by atoms with van der Waals surface area (Å²) >= 11 is 0. The Morgan fingerprint density at radius 2 is 1.41 bits per heavy atom. The van der Waals surface area contributed by atoms with Crippen molar-refractivity contribution in [1.29, 1.82) is 0 Å². The van der Waals surface area contributed by atoms with E-state index >= 15 is 0 Å². The van der Waals surface area contributed by atoms with Crippen LogP contribution < -0.4 is 5.32 Å². The summed E-state index contributed by atoms with van der Waals surface area (Å²) in [5, 5.41) is 3.25. The van der Waals surface area contributed by atoms with Crippen LogP contribution in [0.15, 0.2) is 0 Å². The van der Waals surface area contributed by atoms with E-state index < -0.39 is 0 Å². The van der Waals surface area contributed by atoms with Crippen molar-refractivity contribution in [2.24, 2.45) is 0 Å². The van der Waals surface area contributed by atoms with Gasteiger partial charge in [0, 0.05) is 32.5 Å². The van der Waals surface area contributed by atoms with Gasteiger partial charge in [0.15, 0.2) is 0 Å². The molecule has 2 fully saturated rings. The Morgan fingerprint density at radius 1 is 0.780 bits per heavy atom. The summed E-state index contributed by atoms with van der Waals surface area (Å²) in [6, 6.07) is -0.284. The molecule has 0 aromatic rings. The fourth-order valence-corrected chi connectivity index (χ4v) is 6.01. The molecule has 0 amide bonds. The van der Waals surface area contributed by atoms with Crippen molar-refractivity contribution in [3.05, 3.63) is 0 Å². The molecular formula is C34H64N2O5. The van der Waals surface area contributed by atoms with Crippen LogP contribution in [0.1, 0.15) is 149 Å². The monoisotopic (exact) mass is 580 g/mol. The Hall–Kier alpha value is -1.18. The van der Waals surface area contributed by atoms with Gasteiger partial charge in [-0.25, -0.2) is 0 Å². The largest absolute Gasteiger partial charge is 0.465 e. The second-order valence-electron chi connectivity index (χ2n) is 12.4. The molecule has 1 N–H and O–H groups in total. The molecule has 0 aromatic carbocycles. The Morgan fingerprint density at radius 3 is 2.07 bits per heavy atom. The molecule has 1 unspecified atom stereocenters. The van der Waals surface area contributed by atoms with Gasteiger partial charge in [0.1, 0.15) is 12.1 Å². The lowest BCUT2D eigenvalue weighted by atomic mass is 10.0. The standard InChI is InChI=1S/C34H64N2O5/c1-3-5-7-9-11-13-20-30(21-14-12-10-8-6-4-2)41-33(37)22-15-18-26-40-34(38)32-28-31(29-35-32)39-27-19-25-36-23-16-17-24-36/h30-32,35H,3-29H2,1-2H3/t31?,32-/m0/s1. The summed E-state index contributed by atoms with van der Waals surface area (Å²) in [7, 11) is 0. The van der Waals surface area contributed by atoms with Crippen molar-refractivity contribution in [2.45, 2.75) is 167 Å². The molecule has 0 radical (unpaired) electrons. The molecule has 0 saturated carbocycles. The number of carbonyl (C=O) groups excluding carboxylic acids is 2. The van der Waals surface area contributed by atoms with E-state index in [1.807, 2.05) is 0 Å². The number of unbranched alkanes of at least 4 members (excludes halogenated alkanes) is 11. The first-order valence-corrected chi connectivity index (χ1v) is 17.6. The highest BCUT2D eigenvalue weighted by molar-refractivity contribution is 5.76. The van der Waals surface area contributed by atoms with Crippen LogP contribution in [0.4, 0.5) is 0 Å². The Balaban J connectivity index is 1.52. The van der Waals surface area contributed by atoms with E-state index in [1.54, 1.807) is 0 Å². The number of ether oxygens (including phenoxy) is 3. The van der Waals surface area contributed by atoms with Crippen LogP contribution in [0.2, 0.25) is 0 Å². The summed E-state index contributed by atoms with van der Waals surface area (Å²) < 4.78 is 17.4. The van der Waals surface area contributed by atoms with Crippen LogP contribution in [0.3, 0.4) is 0 Å². The minimum absolute atomic E-state index is 0.0569. The third kappa shape index (κ3) is 18.2. The Kier molecular flexibility index (Phi) is 21.3. The second-order valence-corrected chi connectivity index (χ2v) is 12.4. The SMILES string of the molecule is CCCCCCCCC(CCCCCCCC)OC(=O)CCCCOC(=O)[C@@H]1CC(OCCCN2CCCC2)CN1. The van der Waals surface area contributed by atoms with Crippen molar-refractivity contribution >= 4 is 11.9 Å². The van der Waals surface area contributed by atoms with Crippen LogP contribution in [0.25, 0.3) is 0 Å². The molecule has 240 valence electrons. The second kappa shape index (κ2) is 24.3. The molecule has 2 aliphatic heterocycles. The van der Waals surface area contributed by atoms with Crippen LogP contribution in [0, 0.1) is 0 Å². The number of hydrogen-bond donors (Lipinski definition) is 1. The number of carbonyl (C=O) groups is 2. The molecule has 0 aliphatic carbocycles. The van der Waals surface area contributed by atoms with Gasteiger partial charge in [0.2, 0.25) is 0 Å². The fourth-order valence-electron chi connectivity index (χ4n) is 6.01. The van der Waals surface area contributed by atoms with Crippen molar-refractivity contribution in [2.75, 3.05) is 39.4 Å². The molecule has 2 atom stereocenters. The van der Waals surface area contributed by atoms with Crippen molar-refractivity contribution in [3.63, 3.8) is 0 Å². The van der Waals surface area contributed by atoms with Gasteiger partial charge in [0.05, 0.1) is 12.7 Å². The number of nitrogens with one attached hydrogen (secondary N) is 1. The van der Waals surface area contributed by atoms with Crippen LogP contribution in [-0.4, -0.2) is 74.5 Å². The molecule has 0 aromatic heterocycles. The molecule has 2 saturated heterocycles. The molecule has 2 heterocycles. The highest BCUT2D eigenvalue weighted by Gasteiger charge is 2.31. The molecule has 7 nitrogen and oxygen atoms in total. The number of rotatable bonds is 26. The van der Waals surface area contributed by atoms with Crippen LogP contribution in [-0.2, 0) is 23.8 Å². The first-order valence-electron chi connectivity index (χ1n) is 17.6. The minimum atomic E-state index is -0.284. The Bertz CT molecular complexity index is 639. The number of likely N-dealkylation sites (tertiary alicyclic amines) is 1. The first-order chi connectivity index (χ1) is 20.1. The summed E-state index contributed by atoms with van der Waals surface area (Å²) in [6.45, 7) is 9.85. The normalized spacial score (nSPS) is 19.3. The van der Waals surface area contributed by atoms with E-state index in [9.17, 15) is 9.59 Å². The maximum absolute atomic E-state index is 12.6. The van der Waals surface area contributed by atoms with E-state index in [2.05, 4.69) is 24.1 Å². The predicted molar refractivity (Wildman–Crippen MR) is 167 cm³/mol. The number of esters is 2. The molecule has 2 rings (SSSR count). The van der Waals surface area contributed by atoms with Gasteiger partial charge >= 0.3 is 11.9 Å². The third-order valence-electron chi connectivity index (χ3n) is 8.62. The van der Waals surface area contributed by atoms with Crippen molar-refractivity contribution in [3.8, 4) is 0 Å². The average molecular weight is 581 g/mol. The van der Waals surface area contributed by atoms with E-state index in [0.717, 1.165) is 45.3 Å². The highest BCUT2D eigenvalue weighted by Crippen LogP contribution is 2.18. The topological polar surface area (TPSA) is 77.1 Å². The summed E-state index contributed by atoms with van der Waals surface area (Å²) in [5.74, 6) is -0.297. The van der Waals surface area contributed by atoms with Crippen molar-refractivity contribution < 1.29 is 23.8 Å². The lowest BCUT2D eigenvalue weighted by Crippen LogP contribution is -2.32. The number of hydrogen-bond acceptors (Lipinski definition) is 7. The van der Waals surface area contributed by atoms with Gasteiger partial charge < -0.3 is 24.4 Å². The van der Waals surface area contributed by atoms with E-state index in [0.29, 0.717) is 38.8 Å². The molecule has 2 aliphatic rings. The predicted octanol–water partition coefficient (Wildman–Crippen LogP) is 7.35. The molecule has 0 bridgehead atoms. The summed E-state index contributed by atoms with van der Waals surface area (Å²) in [4.78, 5) is 27.5. The van der Waals surface area contributed by atoms with Gasteiger partial charge in [0.25, 0.3) is 0 Å². The summed E-state index contributed by atoms with van der Waals surface area (Å²) in [6.07, 6.45) is 23.4. The molecular weight excluding hydrogens is 516 g/mol. The smallest absolute Gasteiger partial charge is 0.323 e. The van der Waals surface area contributed by atoms with Gasteiger partial charge in [-0.3, -0.25) is 9.59 Å². The van der Waals surface area contributed by atoms with Crippen LogP contribution in [0.5, 0.6) is 0 Å². The highest BCUT2D eigenvalue weighted by atomic mass is 16.5. The molecule has 0 spiro atoms. The van der Waals surface area contributed by atoms with Gasteiger partial charge in [-0.15, -0.1) is 0 Å². The lowest BCUT2D eigenvalue weighted by Gasteiger charge is -2.18. The maximum Gasteiger partial charge on any atom is 0.323 e. The molecule has 41 heavy (non-hydrogen) atoms. The zero-order valence-electron chi connectivity index (χ0n) is 26.8. The van der Waals surface area contributed by atoms with Gasteiger partial charge in [-0.1, -0.05) is 78.1 Å². The summed E-state index contributed by atoms with van der Waals surface area (Å²) in [5.41, 5.74) is 0. The third-order valence-corrected chi connectivity index (χ3v) is 8.62. The van der Waals surface area contributed by atoms with E-state index in [4.69, 9.17) is 14.2 Å². The van der Waals surface area contributed by atoms with Crippen molar-refractivity contribution in [1.82, 2.24) is 10.2 Å². The van der Waals surface area contributed by atoms with E-state index in [1.165, 1.54) is 90.1 Å². The minimum Gasteiger partial charge on any atom is -0.465 e. The zero-order valence-corrected chi connectivity index (χ0v) is 26.8. The average Bonchev–Trinajstić information content (AvgIpc) is 3.67. The number of nitrogens with zero attached hydrogens (tertiary/aromatic N) is 1. The fraction of sp³-hybridized carbons (Fsp3) is 0.941. The maximum atomic E-state index is 12.6. The van der Waals surface area contributed by atoms with Crippen LogP contribution >= 0.6 is 0 Å². The zero-order chi connectivity index (χ0) is 29.4. The quantitative estimate of drug-likeness (QED) is 0.0847. The molecule has 7 heteroatoms. The van der Waals surface area contributed by atoms with Gasteiger partial charge in [-0.2, -0.15) is 0 Å². The Labute approximate surface area is 252 Å². The van der Waals surface area contributed by atoms with E-state index in [-0.39, 0.29) is 30.2 Å².